The third-order valence-corrected chi connectivity index (χ3v) is 2.37. The van der Waals surface area contributed by atoms with Gasteiger partial charge in [-0.3, -0.25) is 4.68 Å². The first-order valence-corrected chi connectivity index (χ1v) is 4.94. The van der Waals surface area contributed by atoms with Crippen LogP contribution in [0.4, 0.5) is 0 Å². The normalized spacial score (nSPS) is 13.2. The van der Waals surface area contributed by atoms with Crippen LogP contribution >= 0.6 is 0 Å². The third-order valence-electron chi connectivity index (χ3n) is 2.37. The zero-order valence-electron chi connectivity index (χ0n) is 8.75. The molecule has 13 heavy (non-hydrogen) atoms. The van der Waals surface area contributed by atoms with E-state index in [0.29, 0.717) is 5.92 Å². The molecule has 0 spiro atoms. The predicted octanol–water partition coefficient (Wildman–Crippen LogP) is 1.52. The Hall–Kier alpha value is -0.830. The number of hydrogen-bond donors (Lipinski definition) is 1. The minimum Gasteiger partial charge on any atom is -0.317 e. The maximum Gasteiger partial charge on any atom is 0.0492 e. The lowest BCUT2D eigenvalue weighted by molar-refractivity contribution is 0.568. The highest BCUT2D eigenvalue weighted by molar-refractivity contribution is 5.05. The van der Waals surface area contributed by atoms with E-state index < -0.39 is 0 Å². The van der Waals surface area contributed by atoms with E-state index in [0.717, 1.165) is 13.1 Å². The van der Waals surface area contributed by atoms with Crippen molar-refractivity contribution in [3.8, 4) is 0 Å². The van der Waals surface area contributed by atoms with Gasteiger partial charge in [0, 0.05) is 18.9 Å². The molecule has 1 atom stereocenters. The molecule has 0 saturated carbocycles. The van der Waals surface area contributed by atoms with E-state index in [1.165, 1.54) is 12.1 Å². The maximum atomic E-state index is 4.16. The Morgan fingerprint density at radius 2 is 2.38 bits per heavy atom. The molecule has 0 aromatic carbocycles. The molecule has 0 fully saturated rings. The van der Waals surface area contributed by atoms with Gasteiger partial charge in [0.05, 0.1) is 0 Å². The molecule has 1 aromatic rings. The first-order valence-electron chi connectivity index (χ1n) is 4.94. The number of nitrogens with one attached hydrogen (secondary N) is 1. The average molecular weight is 181 g/mol. The molecule has 3 heteroatoms. The van der Waals surface area contributed by atoms with Crippen molar-refractivity contribution in [1.29, 1.82) is 0 Å². The molecule has 1 rings (SSSR count). The van der Waals surface area contributed by atoms with Crippen LogP contribution in [0.5, 0.6) is 0 Å². The van der Waals surface area contributed by atoms with Crippen molar-refractivity contribution in [2.75, 3.05) is 13.1 Å². The monoisotopic (exact) mass is 181 g/mol. The van der Waals surface area contributed by atoms with Crippen molar-refractivity contribution in [3.05, 3.63) is 18.0 Å². The molecule has 0 aliphatic carbocycles. The van der Waals surface area contributed by atoms with Crippen molar-refractivity contribution in [2.45, 2.75) is 26.2 Å². The van der Waals surface area contributed by atoms with Gasteiger partial charge in [-0.25, -0.2) is 0 Å². The lowest BCUT2D eigenvalue weighted by Crippen LogP contribution is -2.16. The summed E-state index contributed by atoms with van der Waals surface area (Å²) in [6.45, 7) is 6.52. The summed E-state index contributed by atoms with van der Waals surface area (Å²) in [4.78, 5) is 0. The fourth-order valence-corrected chi connectivity index (χ4v) is 1.51. The molecule has 0 aliphatic heterocycles. The predicted molar refractivity (Wildman–Crippen MR) is 54.8 cm³/mol. The summed E-state index contributed by atoms with van der Waals surface area (Å²) >= 11 is 0. The van der Waals surface area contributed by atoms with Gasteiger partial charge in [-0.05, 0) is 31.5 Å². The summed E-state index contributed by atoms with van der Waals surface area (Å²) < 4.78 is 1.95. The van der Waals surface area contributed by atoms with Crippen LogP contribution < -0.4 is 5.32 Å². The van der Waals surface area contributed by atoms with Gasteiger partial charge in [0.25, 0.3) is 0 Å². The van der Waals surface area contributed by atoms with E-state index in [9.17, 15) is 0 Å². The van der Waals surface area contributed by atoms with E-state index in [1.807, 2.05) is 17.9 Å². The molecule has 3 nitrogen and oxygen atoms in total. The highest BCUT2D eigenvalue weighted by atomic mass is 15.3. The largest absolute Gasteiger partial charge is 0.317 e. The summed E-state index contributed by atoms with van der Waals surface area (Å²) in [7, 11) is 2.00. The summed E-state index contributed by atoms with van der Waals surface area (Å²) in [5.74, 6) is 0.589. The van der Waals surface area contributed by atoms with Gasteiger partial charge in [-0.1, -0.05) is 13.8 Å². The van der Waals surface area contributed by atoms with E-state index in [2.05, 4.69) is 30.3 Å². The van der Waals surface area contributed by atoms with Crippen LogP contribution in [-0.4, -0.2) is 22.9 Å². The Labute approximate surface area is 80.1 Å². The van der Waals surface area contributed by atoms with Gasteiger partial charge in [-0.2, -0.15) is 5.10 Å². The first kappa shape index (κ1) is 10.3. The smallest absolute Gasteiger partial charge is 0.0492 e. The van der Waals surface area contributed by atoms with E-state index >= 15 is 0 Å². The van der Waals surface area contributed by atoms with Crippen molar-refractivity contribution < 1.29 is 0 Å². The molecule has 1 unspecified atom stereocenters. The Balaban J connectivity index is 2.39. The standard InChI is InChI=1S/C10H19N3/c1-4-11-7-5-9(2)10-6-8-12-13(10)3/h6,8-9,11H,4-5,7H2,1-3H3. The van der Waals surface area contributed by atoms with Crippen LogP contribution in [0.1, 0.15) is 31.9 Å². The fourth-order valence-electron chi connectivity index (χ4n) is 1.51. The van der Waals surface area contributed by atoms with Crippen LogP contribution in [0.3, 0.4) is 0 Å². The SMILES string of the molecule is CCNCCC(C)c1ccnn1C. The zero-order valence-corrected chi connectivity index (χ0v) is 8.75. The Kier molecular flexibility index (Phi) is 3.96. The van der Waals surface area contributed by atoms with Gasteiger partial charge >= 0.3 is 0 Å². The summed E-state index contributed by atoms with van der Waals surface area (Å²) in [5.41, 5.74) is 1.32. The van der Waals surface area contributed by atoms with Gasteiger partial charge in [0.2, 0.25) is 0 Å². The molecule has 0 radical (unpaired) electrons. The van der Waals surface area contributed by atoms with Crippen LogP contribution in [0.25, 0.3) is 0 Å². The number of hydrogen-bond acceptors (Lipinski definition) is 2. The van der Waals surface area contributed by atoms with Crippen molar-refractivity contribution >= 4 is 0 Å². The van der Waals surface area contributed by atoms with Crippen LogP contribution in [0, 0.1) is 0 Å². The van der Waals surface area contributed by atoms with Crippen LogP contribution in [0.2, 0.25) is 0 Å². The third kappa shape index (κ3) is 2.84. The number of aryl methyl sites for hydroxylation is 1. The number of rotatable bonds is 5. The van der Waals surface area contributed by atoms with Crippen LogP contribution in [0.15, 0.2) is 12.3 Å². The van der Waals surface area contributed by atoms with E-state index in [4.69, 9.17) is 0 Å². The summed E-state index contributed by atoms with van der Waals surface area (Å²) in [5, 5.41) is 7.49. The number of nitrogens with zero attached hydrogens (tertiary/aromatic N) is 2. The molecular weight excluding hydrogens is 162 g/mol. The highest BCUT2D eigenvalue weighted by Crippen LogP contribution is 2.16. The average Bonchev–Trinajstić information content (AvgIpc) is 2.52. The lowest BCUT2D eigenvalue weighted by atomic mass is 10.0. The molecule has 0 saturated heterocycles. The lowest BCUT2D eigenvalue weighted by Gasteiger charge is -2.11. The summed E-state index contributed by atoms with van der Waals surface area (Å²) in [6, 6.07) is 2.09. The molecule has 1 N–H and O–H groups in total. The Morgan fingerprint density at radius 1 is 1.62 bits per heavy atom. The Morgan fingerprint density at radius 3 is 2.92 bits per heavy atom. The Bertz CT molecular complexity index is 242. The van der Waals surface area contributed by atoms with Gasteiger partial charge in [0.1, 0.15) is 0 Å². The van der Waals surface area contributed by atoms with Crippen molar-refractivity contribution in [1.82, 2.24) is 15.1 Å². The maximum absolute atomic E-state index is 4.16. The number of aromatic nitrogens is 2. The molecule has 0 bridgehead atoms. The molecule has 1 aromatic heterocycles. The minimum atomic E-state index is 0.589. The molecule has 0 amide bonds. The quantitative estimate of drug-likeness (QED) is 0.698. The summed E-state index contributed by atoms with van der Waals surface area (Å²) in [6.07, 6.45) is 3.03. The van der Waals surface area contributed by atoms with Crippen molar-refractivity contribution in [2.24, 2.45) is 7.05 Å². The van der Waals surface area contributed by atoms with E-state index in [-0.39, 0.29) is 0 Å². The second-order valence-corrected chi connectivity index (χ2v) is 3.42. The highest BCUT2D eigenvalue weighted by Gasteiger charge is 2.07. The molecule has 0 aliphatic rings. The zero-order chi connectivity index (χ0) is 9.68. The fraction of sp³-hybridized carbons (Fsp3) is 0.700. The second-order valence-electron chi connectivity index (χ2n) is 3.42. The van der Waals surface area contributed by atoms with Gasteiger partial charge in [-0.15, -0.1) is 0 Å². The first-order chi connectivity index (χ1) is 6.25. The van der Waals surface area contributed by atoms with E-state index in [1.54, 1.807) is 0 Å². The van der Waals surface area contributed by atoms with Gasteiger partial charge < -0.3 is 5.32 Å². The van der Waals surface area contributed by atoms with Gasteiger partial charge in [0.15, 0.2) is 0 Å². The molecule has 1 heterocycles. The van der Waals surface area contributed by atoms with Crippen LogP contribution in [-0.2, 0) is 7.05 Å². The molecular formula is C10H19N3. The van der Waals surface area contributed by atoms with Crippen molar-refractivity contribution in [3.63, 3.8) is 0 Å². The minimum absolute atomic E-state index is 0.589. The molecule has 74 valence electrons. The topological polar surface area (TPSA) is 29.9 Å². The second kappa shape index (κ2) is 5.02.